The van der Waals surface area contributed by atoms with E-state index in [0.29, 0.717) is 0 Å². The van der Waals surface area contributed by atoms with E-state index in [9.17, 15) is 0 Å². The highest BCUT2D eigenvalue weighted by Gasteiger charge is 2.27. The molecule has 1 heterocycles. The lowest BCUT2D eigenvalue weighted by Gasteiger charge is -2.33. The maximum Gasteiger partial charge on any atom is 0.205 e. The molecule has 0 aliphatic heterocycles. The minimum absolute atomic E-state index is 0.143. The van der Waals surface area contributed by atoms with Crippen LogP contribution in [0.2, 0.25) is 13.1 Å². The zero-order valence-corrected chi connectivity index (χ0v) is 15.5. The monoisotopic (exact) mass is 352 g/mol. The molecule has 109 valence electrons. The summed E-state index contributed by atoms with van der Waals surface area (Å²) in [5.74, 6) is 0. The van der Waals surface area contributed by atoms with E-state index in [1.54, 1.807) is 0 Å². The van der Waals surface area contributed by atoms with Crippen molar-refractivity contribution in [3.63, 3.8) is 0 Å². The van der Waals surface area contributed by atoms with Gasteiger partial charge in [0.25, 0.3) is 0 Å². The summed E-state index contributed by atoms with van der Waals surface area (Å²) in [6.45, 7) is 12.1. The molecule has 1 radical (unpaired) electrons. The van der Waals surface area contributed by atoms with E-state index in [2.05, 4.69) is 84.8 Å². The minimum atomic E-state index is -0.701. The Labute approximate surface area is 132 Å². The molecule has 2 rings (SSSR count). The maximum absolute atomic E-state index is 6.24. The number of fused-ring (bicyclic) bond motifs is 1. The Morgan fingerprint density at radius 2 is 1.95 bits per heavy atom. The first-order valence-corrected chi connectivity index (χ1v) is 10.2. The van der Waals surface area contributed by atoms with Crippen LogP contribution in [0.5, 0.6) is 0 Å². The number of rotatable bonds is 4. The summed E-state index contributed by atoms with van der Waals surface area (Å²) in [7, 11) is -0.701. The molecule has 20 heavy (non-hydrogen) atoms. The normalized spacial score (nSPS) is 14.2. The zero-order chi connectivity index (χ0) is 14.9. The van der Waals surface area contributed by atoms with Gasteiger partial charge in [-0.1, -0.05) is 42.8 Å². The summed E-state index contributed by atoms with van der Waals surface area (Å²) in [5, 5.41) is 1.28. The van der Waals surface area contributed by atoms with Gasteiger partial charge in [0.05, 0.1) is 6.10 Å². The van der Waals surface area contributed by atoms with Crippen molar-refractivity contribution in [3.05, 3.63) is 34.9 Å². The number of halogens is 1. The molecule has 0 amide bonds. The van der Waals surface area contributed by atoms with Crippen molar-refractivity contribution >= 4 is 35.9 Å². The molecule has 0 aliphatic carbocycles. The number of hydrogen-bond acceptors (Lipinski definition) is 1. The predicted molar refractivity (Wildman–Crippen MR) is 91.4 cm³/mol. The van der Waals surface area contributed by atoms with Gasteiger partial charge in [0.1, 0.15) is 0 Å². The van der Waals surface area contributed by atoms with Gasteiger partial charge in [0.2, 0.25) is 9.04 Å². The van der Waals surface area contributed by atoms with E-state index in [0.717, 1.165) is 11.0 Å². The Bertz CT molecular complexity index is 586. The Morgan fingerprint density at radius 3 is 2.55 bits per heavy atom. The molecule has 1 atom stereocenters. The highest BCUT2D eigenvalue weighted by Crippen LogP contribution is 2.27. The van der Waals surface area contributed by atoms with Crippen molar-refractivity contribution in [3.8, 4) is 0 Å². The molecule has 4 heteroatoms. The van der Waals surface area contributed by atoms with Gasteiger partial charge in [0, 0.05) is 22.7 Å². The van der Waals surface area contributed by atoms with Gasteiger partial charge in [-0.05, 0) is 42.1 Å². The second kappa shape index (κ2) is 6.04. The number of nitrogens with zero attached hydrogens (tertiary/aromatic N) is 1. The Morgan fingerprint density at radius 1 is 1.25 bits per heavy atom. The van der Waals surface area contributed by atoms with Gasteiger partial charge >= 0.3 is 0 Å². The van der Waals surface area contributed by atoms with Crippen LogP contribution in [-0.4, -0.2) is 19.7 Å². The average Bonchev–Trinajstić information content (AvgIpc) is 2.69. The predicted octanol–water partition coefficient (Wildman–Crippen LogP) is 5.09. The fraction of sp³-hybridized carbons (Fsp3) is 0.500. The lowest BCUT2D eigenvalue weighted by atomic mass is 9.89. The van der Waals surface area contributed by atoms with Gasteiger partial charge in [-0.25, -0.2) is 0 Å². The lowest BCUT2D eigenvalue weighted by Crippen LogP contribution is -2.36. The van der Waals surface area contributed by atoms with E-state index in [-0.39, 0.29) is 11.5 Å². The molecule has 0 saturated carbocycles. The lowest BCUT2D eigenvalue weighted by molar-refractivity contribution is 0.0716. The van der Waals surface area contributed by atoms with Crippen LogP contribution in [0.4, 0.5) is 0 Å². The zero-order valence-electron chi connectivity index (χ0n) is 12.9. The molecule has 0 aliphatic rings. The summed E-state index contributed by atoms with van der Waals surface area (Å²) < 4.78 is 9.66. The molecule has 2 aromatic rings. The fourth-order valence-corrected chi connectivity index (χ4v) is 3.61. The van der Waals surface area contributed by atoms with Crippen LogP contribution in [0.15, 0.2) is 34.9 Å². The molecule has 0 fully saturated rings. The van der Waals surface area contributed by atoms with E-state index in [1.807, 2.05) is 0 Å². The molecule has 2 nitrogen and oxygen atoms in total. The second-order valence-corrected chi connectivity index (χ2v) is 9.52. The molecular formula is C16H23BrNOSi. The molecule has 0 saturated heterocycles. The largest absolute Gasteiger partial charge is 0.412 e. The van der Waals surface area contributed by atoms with E-state index in [1.165, 1.54) is 10.9 Å². The van der Waals surface area contributed by atoms with Gasteiger partial charge in [-0.15, -0.1) is 0 Å². The number of benzene rings is 1. The minimum Gasteiger partial charge on any atom is -0.412 e. The summed E-state index contributed by atoms with van der Waals surface area (Å²) >= 11 is 3.56. The van der Waals surface area contributed by atoms with Crippen LogP contribution >= 0.6 is 15.9 Å². The first kappa shape index (κ1) is 15.8. The van der Waals surface area contributed by atoms with Crippen molar-refractivity contribution in [2.24, 2.45) is 5.41 Å². The second-order valence-electron chi connectivity index (χ2n) is 6.55. The molecule has 1 aromatic heterocycles. The Balaban J connectivity index is 2.31. The molecule has 0 N–H and O–H groups in total. The first-order chi connectivity index (χ1) is 9.27. The smallest absolute Gasteiger partial charge is 0.205 e. The summed E-state index contributed by atoms with van der Waals surface area (Å²) in [4.78, 5) is 0. The van der Waals surface area contributed by atoms with E-state index in [4.69, 9.17) is 4.43 Å². The third kappa shape index (κ3) is 3.74. The van der Waals surface area contributed by atoms with Gasteiger partial charge in [0.15, 0.2) is 0 Å². The van der Waals surface area contributed by atoms with Crippen LogP contribution in [0.25, 0.3) is 10.9 Å². The van der Waals surface area contributed by atoms with Gasteiger partial charge < -0.3 is 8.99 Å². The number of aromatic nitrogens is 1. The third-order valence-electron chi connectivity index (χ3n) is 3.44. The molecule has 0 spiro atoms. The van der Waals surface area contributed by atoms with Gasteiger partial charge in [-0.2, -0.15) is 0 Å². The molecular weight excluding hydrogens is 330 g/mol. The topological polar surface area (TPSA) is 14.2 Å². The molecule has 1 unspecified atom stereocenters. The number of hydrogen-bond donors (Lipinski definition) is 0. The van der Waals surface area contributed by atoms with Crippen molar-refractivity contribution in [2.75, 3.05) is 0 Å². The Kier molecular flexibility index (Phi) is 4.77. The molecule has 0 bridgehead atoms. The highest BCUT2D eigenvalue weighted by molar-refractivity contribution is 9.10. The SMILES string of the molecule is C[Si](C)OC(Cn1ccc2ccc(Br)cc21)C(C)(C)C. The van der Waals surface area contributed by atoms with Crippen LogP contribution < -0.4 is 0 Å². The van der Waals surface area contributed by atoms with E-state index < -0.39 is 9.04 Å². The van der Waals surface area contributed by atoms with Crippen molar-refractivity contribution in [1.29, 1.82) is 0 Å². The fourth-order valence-electron chi connectivity index (χ4n) is 2.27. The molecule has 1 aromatic carbocycles. The van der Waals surface area contributed by atoms with Crippen LogP contribution in [-0.2, 0) is 11.0 Å². The third-order valence-corrected chi connectivity index (χ3v) is 4.69. The van der Waals surface area contributed by atoms with Crippen molar-refractivity contribution in [1.82, 2.24) is 4.57 Å². The van der Waals surface area contributed by atoms with E-state index >= 15 is 0 Å². The van der Waals surface area contributed by atoms with Crippen LogP contribution in [0, 0.1) is 5.41 Å². The van der Waals surface area contributed by atoms with Crippen LogP contribution in [0.1, 0.15) is 20.8 Å². The summed E-state index contributed by atoms with van der Waals surface area (Å²) in [5.41, 5.74) is 1.41. The van der Waals surface area contributed by atoms with Gasteiger partial charge in [-0.3, -0.25) is 0 Å². The quantitative estimate of drug-likeness (QED) is 0.699. The maximum atomic E-state index is 6.24. The summed E-state index contributed by atoms with van der Waals surface area (Å²) in [6.07, 6.45) is 2.40. The van der Waals surface area contributed by atoms with Crippen LogP contribution in [0.3, 0.4) is 0 Å². The van der Waals surface area contributed by atoms with Crippen molar-refractivity contribution < 1.29 is 4.43 Å². The Hall–Kier alpha value is -0.583. The highest BCUT2D eigenvalue weighted by atomic mass is 79.9. The average molecular weight is 353 g/mol. The van der Waals surface area contributed by atoms with Crippen molar-refractivity contribution in [2.45, 2.75) is 46.5 Å². The summed E-state index contributed by atoms with van der Waals surface area (Å²) in [6, 6.07) is 8.59. The standard InChI is InChI=1S/C16H23BrNOSi/c1-16(2,3)15(19-20(4)5)11-18-9-8-12-6-7-13(17)10-14(12)18/h6-10,15H,11H2,1-5H3. The first-order valence-electron chi connectivity index (χ1n) is 6.98.